The van der Waals surface area contributed by atoms with Crippen LogP contribution in [0.3, 0.4) is 0 Å². The first-order valence-electron chi connectivity index (χ1n) is 13.1. The Balaban J connectivity index is 1.46. The molecule has 6 rings (SSSR count). The highest BCUT2D eigenvalue weighted by atomic mass is 31.1. The molecule has 36 heavy (non-hydrogen) atoms. The molecule has 10 unspecified atom stereocenters. The molecule has 4 nitrogen and oxygen atoms in total. The molecule has 6 heteroatoms. The van der Waals surface area contributed by atoms with Crippen LogP contribution in [-0.4, -0.2) is 47.8 Å². The number of hydrogen-bond acceptors (Lipinski definition) is 4. The molecule has 10 atom stereocenters. The lowest BCUT2D eigenvalue weighted by molar-refractivity contribution is -0.0899. The van der Waals surface area contributed by atoms with E-state index in [1.165, 1.54) is 19.3 Å². The van der Waals surface area contributed by atoms with Crippen LogP contribution in [0.25, 0.3) is 0 Å². The van der Waals surface area contributed by atoms with E-state index < -0.39 is 12.2 Å². The second-order valence-electron chi connectivity index (χ2n) is 12.1. The number of ether oxygens (including phenoxy) is 2. The summed E-state index contributed by atoms with van der Waals surface area (Å²) in [6.45, 7) is 9.54. The van der Waals surface area contributed by atoms with Gasteiger partial charge in [0.05, 0.1) is 11.1 Å². The molecule has 2 aromatic rings. The minimum absolute atomic E-state index is 0.146. The lowest BCUT2D eigenvalue weighted by Crippen LogP contribution is -2.62. The third kappa shape index (κ3) is 3.19. The van der Waals surface area contributed by atoms with Crippen LogP contribution in [0, 0.1) is 22.7 Å². The third-order valence-electron chi connectivity index (χ3n) is 10.3. The van der Waals surface area contributed by atoms with E-state index in [0.29, 0.717) is 40.1 Å². The van der Waals surface area contributed by atoms with Gasteiger partial charge in [0.25, 0.3) is 0 Å². The van der Waals surface area contributed by atoms with Gasteiger partial charge in [0, 0.05) is 10.3 Å². The average molecular weight is 523 g/mol. The second kappa shape index (κ2) is 8.37. The molecule has 0 aliphatic heterocycles. The summed E-state index contributed by atoms with van der Waals surface area (Å²) in [6, 6.07) is 18.5. The summed E-state index contributed by atoms with van der Waals surface area (Å²) in [5.41, 5.74) is 1.63. The highest BCUT2D eigenvalue weighted by molar-refractivity contribution is 7.41. The van der Waals surface area contributed by atoms with Gasteiger partial charge in [-0.3, -0.25) is 0 Å². The first kappa shape index (κ1) is 24.6. The summed E-state index contributed by atoms with van der Waals surface area (Å²) in [7, 11) is 1.24. The van der Waals surface area contributed by atoms with Crippen LogP contribution in [-0.2, 0) is 9.47 Å². The number of rotatable bonds is 6. The summed E-state index contributed by atoms with van der Waals surface area (Å²) in [5, 5.41) is -0.292. The molecule has 4 aliphatic carbocycles. The second-order valence-corrected chi connectivity index (χ2v) is 14.9. The molecule has 4 fully saturated rings. The number of carbonyl (C=O) groups is 2. The van der Waals surface area contributed by atoms with Crippen molar-refractivity contribution in [3.8, 4) is 0 Å². The monoisotopic (exact) mass is 522 g/mol. The summed E-state index contributed by atoms with van der Waals surface area (Å²) in [6.07, 6.45) is 3.86. The Labute approximate surface area is 217 Å². The van der Waals surface area contributed by atoms with Crippen LogP contribution in [0.15, 0.2) is 60.7 Å². The number of carbonyl (C=O) groups excluding carboxylic acids is 2. The quantitative estimate of drug-likeness (QED) is 0.251. The Morgan fingerprint density at radius 2 is 1.08 bits per heavy atom. The van der Waals surface area contributed by atoms with Gasteiger partial charge in [0.2, 0.25) is 0 Å². The number of hydrogen-bond donors (Lipinski definition) is 0. The minimum atomic E-state index is -0.422. The van der Waals surface area contributed by atoms with E-state index in [1.54, 1.807) is 24.3 Å². The predicted octanol–water partition coefficient (Wildman–Crippen LogP) is 6.39. The van der Waals surface area contributed by atoms with Gasteiger partial charge in [-0.15, -0.1) is 17.2 Å². The molecule has 4 saturated carbocycles. The molecule has 0 N–H and O–H groups in total. The zero-order valence-electron chi connectivity index (χ0n) is 21.5. The van der Waals surface area contributed by atoms with Gasteiger partial charge in [-0.05, 0) is 85.9 Å². The maximum absolute atomic E-state index is 13.5. The van der Waals surface area contributed by atoms with E-state index in [0.717, 1.165) is 6.42 Å². The number of esters is 2. The van der Waals surface area contributed by atoms with Crippen molar-refractivity contribution in [1.29, 1.82) is 0 Å². The molecule has 0 amide bonds. The Morgan fingerprint density at radius 1 is 0.694 bits per heavy atom. The first-order valence-corrected chi connectivity index (χ1v) is 16.1. The summed E-state index contributed by atoms with van der Waals surface area (Å²) < 4.78 is 13.0. The van der Waals surface area contributed by atoms with Crippen molar-refractivity contribution in [3.05, 3.63) is 71.8 Å². The number of fused-ring (bicyclic) bond motifs is 9. The largest absolute Gasteiger partial charge is 0.454 e. The zero-order valence-corrected chi connectivity index (χ0v) is 23.5. The van der Waals surface area contributed by atoms with Gasteiger partial charge in [0.15, 0.2) is 0 Å². The Hall–Kier alpha value is -1.76. The fourth-order valence-corrected chi connectivity index (χ4v) is 13.0. The highest BCUT2D eigenvalue weighted by Crippen LogP contribution is 2.84. The topological polar surface area (TPSA) is 52.6 Å². The highest BCUT2D eigenvalue weighted by Gasteiger charge is 2.84. The third-order valence-corrected chi connectivity index (χ3v) is 13.7. The van der Waals surface area contributed by atoms with Gasteiger partial charge in [-0.25, -0.2) is 9.59 Å². The van der Waals surface area contributed by atoms with Crippen LogP contribution in [0.1, 0.15) is 60.2 Å². The standard InChI is InChI=1S/C30H36O4P2/c1-27-15-16-28(2,17-27)22-21(27)29(35-3)18-30(22,36-4)24(34-26(32)20-13-9-6-10-14-20)23(29)33-25(31)19-11-7-5-8-12-19/h5-14,21-24,35-36H,15-18H2,1-4H3. The smallest absolute Gasteiger partial charge is 0.338 e. The minimum Gasteiger partial charge on any atom is -0.454 e. The Morgan fingerprint density at radius 3 is 1.44 bits per heavy atom. The molecule has 0 saturated heterocycles. The molecule has 0 radical (unpaired) electrons. The van der Waals surface area contributed by atoms with Gasteiger partial charge in [-0.2, -0.15) is 0 Å². The van der Waals surface area contributed by atoms with Crippen molar-refractivity contribution >= 4 is 29.1 Å². The normalized spacial score (nSPS) is 42.4. The van der Waals surface area contributed by atoms with Crippen LogP contribution >= 0.6 is 17.2 Å². The lowest BCUT2D eigenvalue weighted by Gasteiger charge is -2.55. The maximum atomic E-state index is 13.5. The number of benzene rings is 2. The van der Waals surface area contributed by atoms with Crippen LogP contribution in [0.2, 0.25) is 0 Å². The molecule has 4 bridgehead atoms. The van der Waals surface area contributed by atoms with Crippen molar-refractivity contribution in [2.45, 2.75) is 62.1 Å². The van der Waals surface area contributed by atoms with Crippen LogP contribution < -0.4 is 0 Å². The summed E-state index contributed by atoms with van der Waals surface area (Å²) >= 11 is 0. The fourth-order valence-electron chi connectivity index (χ4n) is 9.27. The van der Waals surface area contributed by atoms with Gasteiger partial charge in [0.1, 0.15) is 12.2 Å². The molecular formula is C30H36O4P2. The van der Waals surface area contributed by atoms with E-state index in [9.17, 15) is 9.59 Å². The van der Waals surface area contributed by atoms with Crippen molar-refractivity contribution in [2.24, 2.45) is 22.7 Å². The zero-order chi connectivity index (χ0) is 25.3. The SMILES string of the molecule is CPC12CC(PC)(C(OC(=O)c3ccccc3)C1OC(=O)c1ccccc1)C1C2C2(C)CCC1(C)C2. The van der Waals surface area contributed by atoms with Crippen molar-refractivity contribution in [1.82, 2.24) is 0 Å². The predicted molar refractivity (Wildman–Crippen MR) is 147 cm³/mol. The molecule has 0 spiro atoms. The lowest BCUT2D eigenvalue weighted by atomic mass is 9.60. The molecule has 190 valence electrons. The maximum Gasteiger partial charge on any atom is 0.338 e. The first-order chi connectivity index (χ1) is 17.2. The molecule has 4 aliphatic rings. The van der Waals surface area contributed by atoms with Crippen molar-refractivity contribution < 1.29 is 19.1 Å². The summed E-state index contributed by atoms with van der Waals surface area (Å²) in [4.78, 5) is 26.9. The Bertz CT molecular complexity index is 1100. The van der Waals surface area contributed by atoms with Gasteiger partial charge < -0.3 is 9.47 Å². The van der Waals surface area contributed by atoms with Gasteiger partial charge >= 0.3 is 11.9 Å². The van der Waals surface area contributed by atoms with E-state index in [1.807, 2.05) is 36.4 Å². The molecule has 0 aromatic heterocycles. The fraction of sp³-hybridized carbons (Fsp3) is 0.533. The van der Waals surface area contributed by atoms with Crippen molar-refractivity contribution in [3.63, 3.8) is 0 Å². The van der Waals surface area contributed by atoms with Crippen LogP contribution in [0.5, 0.6) is 0 Å². The molecule has 2 aromatic carbocycles. The summed E-state index contributed by atoms with van der Waals surface area (Å²) in [5.74, 6) is 0.383. The van der Waals surface area contributed by atoms with E-state index in [2.05, 4.69) is 27.2 Å². The molecular weight excluding hydrogens is 486 g/mol. The Kier molecular flexibility index (Phi) is 5.71. The average Bonchev–Trinajstić information content (AvgIpc) is 3.56. The molecule has 0 heterocycles. The van der Waals surface area contributed by atoms with E-state index in [-0.39, 0.29) is 33.1 Å². The van der Waals surface area contributed by atoms with E-state index in [4.69, 9.17) is 9.47 Å². The van der Waals surface area contributed by atoms with Crippen molar-refractivity contribution in [2.75, 3.05) is 13.3 Å². The van der Waals surface area contributed by atoms with Crippen LogP contribution in [0.4, 0.5) is 0 Å². The van der Waals surface area contributed by atoms with E-state index >= 15 is 0 Å². The van der Waals surface area contributed by atoms with Gasteiger partial charge in [-0.1, -0.05) is 50.2 Å².